The lowest BCUT2D eigenvalue weighted by Gasteiger charge is -2.29. The average Bonchev–Trinajstić information content (AvgIpc) is 2.35. The Hall–Kier alpha value is -1.10. The van der Waals surface area contributed by atoms with Crippen LogP contribution in [0.25, 0.3) is 0 Å². The van der Waals surface area contributed by atoms with E-state index in [2.05, 4.69) is 41.5 Å². The highest BCUT2D eigenvalue weighted by atomic mass is 16.8. The highest BCUT2D eigenvalue weighted by molar-refractivity contribution is 5.49. The Balaban J connectivity index is 3.18. The van der Waals surface area contributed by atoms with Crippen molar-refractivity contribution < 1.29 is 19.7 Å². The lowest BCUT2D eigenvalue weighted by atomic mass is 9.78. The number of rotatable bonds is 5. The molecule has 1 aromatic rings. The number of phenols is 1. The highest BCUT2D eigenvalue weighted by Crippen LogP contribution is 2.39. The minimum Gasteiger partial charge on any atom is -0.809 e. The molecule has 1 atom stereocenters. The van der Waals surface area contributed by atoms with Gasteiger partial charge in [0.05, 0.1) is 13.1 Å². The molecule has 0 saturated carbocycles. The monoisotopic (exact) mass is 309 g/mol. The van der Waals surface area contributed by atoms with Crippen LogP contribution >= 0.6 is 0 Å². The van der Waals surface area contributed by atoms with Gasteiger partial charge in [-0.05, 0) is 46.6 Å². The van der Waals surface area contributed by atoms with Crippen LogP contribution < -0.4 is 5.11 Å². The molecule has 1 rings (SSSR count). The standard InChI is InChI=1S/C18H29O4/c1-8-21-16(20)22-11-12-9-13(17(2,3)4)15(19)14(10-12)18(5,6)7/h9-10,16,19H,8,11H2,1-7H3/q-1. The second kappa shape index (κ2) is 6.99. The minimum absolute atomic E-state index is 0.167. The predicted molar refractivity (Wildman–Crippen MR) is 85.7 cm³/mol. The summed E-state index contributed by atoms with van der Waals surface area (Å²) in [5.41, 5.74) is 2.19. The molecule has 0 aliphatic rings. The summed E-state index contributed by atoms with van der Waals surface area (Å²) in [5.74, 6) is 0.326. The van der Waals surface area contributed by atoms with Crippen LogP contribution in [0, 0.1) is 0 Å². The largest absolute Gasteiger partial charge is 0.809 e. The van der Waals surface area contributed by atoms with Crippen molar-refractivity contribution >= 4 is 0 Å². The van der Waals surface area contributed by atoms with E-state index >= 15 is 0 Å². The smallest absolute Gasteiger partial charge is 0.123 e. The predicted octanol–water partition coefficient (Wildman–Crippen LogP) is 3.18. The third-order valence-electron chi connectivity index (χ3n) is 3.47. The van der Waals surface area contributed by atoms with Crippen LogP contribution in [0.4, 0.5) is 0 Å². The van der Waals surface area contributed by atoms with Crippen LogP contribution in [0.2, 0.25) is 0 Å². The molecule has 0 saturated heterocycles. The zero-order chi connectivity index (χ0) is 17.1. The fraction of sp³-hybridized carbons (Fsp3) is 0.667. The highest BCUT2D eigenvalue weighted by Gasteiger charge is 2.26. The number of benzene rings is 1. The molecule has 4 heteroatoms. The molecule has 0 fully saturated rings. The van der Waals surface area contributed by atoms with Crippen molar-refractivity contribution in [3.05, 3.63) is 28.8 Å². The fourth-order valence-electron chi connectivity index (χ4n) is 2.27. The third-order valence-corrected chi connectivity index (χ3v) is 3.47. The van der Waals surface area contributed by atoms with E-state index in [1.165, 1.54) is 0 Å². The summed E-state index contributed by atoms with van der Waals surface area (Å²) in [6.07, 6.45) is 0. The van der Waals surface area contributed by atoms with Crippen LogP contribution in [0.5, 0.6) is 5.75 Å². The van der Waals surface area contributed by atoms with Crippen molar-refractivity contribution in [1.29, 1.82) is 0 Å². The summed E-state index contributed by atoms with van der Waals surface area (Å²) in [6, 6.07) is 3.81. The van der Waals surface area contributed by atoms with Gasteiger partial charge in [0.15, 0.2) is 0 Å². The molecule has 0 heterocycles. The Labute approximate surface area is 134 Å². The van der Waals surface area contributed by atoms with Crippen LogP contribution in [0.3, 0.4) is 0 Å². The summed E-state index contributed by atoms with van der Waals surface area (Å²) < 4.78 is 10.0. The van der Waals surface area contributed by atoms with E-state index in [-0.39, 0.29) is 17.4 Å². The Morgan fingerprint density at radius 1 is 1.00 bits per heavy atom. The first-order valence-electron chi connectivity index (χ1n) is 7.72. The normalized spacial score (nSPS) is 14.2. The summed E-state index contributed by atoms with van der Waals surface area (Å²) >= 11 is 0. The maximum atomic E-state index is 11.4. The van der Waals surface area contributed by atoms with E-state index in [0.29, 0.717) is 12.4 Å². The number of hydrogen-bond donors (Lipinski definition) is 1. The Morgan fingerprint density at radius 2 is 1.45 bits per heavy atom. The van der Waals surface area contributed by atoms with Crippen LogP contribution in [-0.4, -0.2) is 18.2 Å². The van der Waals surface area contributed by atoms with Gasteiger partial charge in [-0.15, -0.1) is 0 Å². The second-order valence-electron chi connectivity index (χ2n) is 7.59. The van der Waals surface area contributed by atoms with Crippen LogP contribution in [0.15, 0.2) is 12.1 Å². The van der Waals surface area contributed by atoms with Gasteiger partial charge in [-0.2, -0.15) is 0 Å². The Bertz CT molecular complexity index is 460. The second-order valence-corrected chi connectivity index (χ2v) is 7.59. The van der Waals surface area contributed by atoms with Crippen molar-refractivity contribution in [2.24, 2.45) is 0 Å². The SMILES string of the molecule is CCOC([O-])OCc1cc(C(C)(C)C)c(O)c(C(C)(C)C)c1. The van der Waals surface area contributed by atoms with Gasteiger partial charge in [0.1, 0.15) is 5.75 Å². The molecule has 0 aromatic heterocycles. The van der Waals surface area contributed by atoms with Gasteiger partial charge < -0.3 is 19.7 Å². The lowest BCUT2D eigenvalue weighted by Crippen LogP contribution is -2.31. The number of aromatic hydroxyl groups is 1. The zero-order valence-corrected chi connectivity index (χ0v) is 14.8. The molecule has 126 valence electrons. The van der Waals surface area contributed by atoms with Gasteiger partial charge >= 0.3 is 0 Å². The van der Waals surface area contributed by atoms with E-state index < -0.39 is 6.48 Å². The first-order chi connectivity index (χ1) is 9.96. The van der Waals surface area contributed by atoms with E-state index in [1.807, 2.05) is 12.1 Å². The van der Waals surface area contributed by atoms with Gasteiger partial charge in [0, 0.05) is 6.61 Å². The molecule has 0 spiro atoms. The van der Waals surface area contributed by atoms with Crippen molar-refractivity contribution in [2.45, 2.75) is 72.4 Å². The molecule has 0 aliphatic heterocycles. The minimum atomic E-state index is -1.48. The first kappa shape index (κ1) is 18.9. The maximum absolute atomic E-state index is 11.4. The van der Waals surface area contributed by atoms with E-state index in [1.54, 1.807) is 6.92 Å². The van der Waals surface area contributed by atoms with Crippen LogP contribution in [0.1, 0.15) is 65.2 Å². The summed E-state index contributed by atoms with van der Waals surface area (Å²) in [7, 11) is 0. The topological polar surface area (TPSA) is 61.8 Å². The molecule has 1 unspecified atom stereocenters. The van der Waals surface area contributed by atoms with Crippen LogP contribution in [-0.2, 0) is 26.9 Å². The van der Waals surface area contributed by atoms with Gasteiger partial charge in [-0.25, -0.2) is 0 Å². The van der Waals surface area contributed by atoms with Crippen molar-refractivity contribution in [3.63, 3.8) is 0 Å². The molecule has 1 N–H and O–H groups in total. The Morgan fingerprint density at radius 3 is 1.82 bits per heavy atom. The number of hydrogen-bond acceptors (Lipinski definition) is 4. The quantitative estimate of drug-likeness (QED) is 0.849. The van der Waals surface area contributed by atoms with E-state index in [9.17, 15) is 10.2 Å². The van der Waals surface area contributed by atoms with Gasteiger partial charge in [0.25, 0.3) is 0 Å². The van der Waals surface area contributed by atoms with E-state index in [0.717, 1.165) is 16.7 Å². The summed E-state index contributed by atoms with van der Waals surface area (Å²) in [4.78, 5) is 0. The van der Waals surface area contributed by atoms with Gasteiger partial charge in [-0.1, -0.05) is 41.5 Å². The molecular weight excluding hydrogens is 280 g/mol. The van der Waals surface area contributed by atoms with Crippen molar-refractivity contribution in [3.8, 4) is 5.75 Å². The average molecular weight is 309 g/mol. The number of phenolic OH excluding ortho intramolecular Hbond substituents is 1. The Kier molecular flexibility index (Phi) is 6.02. The molecule has 22 heavy (non-hydrogen) atoms. The maximum Gasteiger partial charge on any atom is 0.123 e. The third kappa shape index (κ3) is 4.97. The first-order valence-corrected chi connectivity index (χ1v) is 7.72. The lowest BCUT2D eigenvalue weighted by molar-refractivity contribution is -0.566. The molecule has 1 aromatic carbocycles. The molecule has 0 amide bonds. The summed E-state index contributed by atoms with van der Waals surface area (Å²) in [6.45, 7) is 13.1. The molecule has 4 nitrogen and oxygen atoms in total. The molecule has 0 radical (unpaired) electrons. The fourth-order valence-corrected chi connectivity index (χ4v) is 2.27. The zero-order valence-electron chi connectivity index (χ0n) is 14.8. The molecule has 0 aliphatic carbocycles. The summed E-state index contributed by atoms with van der Waals surface area (Å²) in [5, 5.41) is 22.1. The van der Waals surface area contributed by atoms with Crippen molar-refractivity contribution in [2.75, 3.05) is 6.61 Å². The van der Waals surface area contributed by atoms with Crippen molar-refractivity contribution in [1.82, 2.24) is 0 Å². The van der Waals surface area contributed by atoms with E-state index in [4.69, 9.17) is 9.47 Å². The molecule has 0 bridgehead atoms. The number of ether oxygens (including phenoxy) is 2. The molecular formula is C18H29O4-. The van der Waals surface area contributed by atoms with Gasteiger partial charge in [0.2, 0.25) is 0 Å². The van der Waals surface area contributed by atoms with Gasteiger partial charge in [-0.3, -0.25) is 0 Å².